The van der Waals surface area contributed by atoms with E-state index in [-0.39, 0.29) is 31.4 Å². The van der Waals surface area contributed by atoms with Gasteiger partial charge in [-0.1, -0.05) is 30.3 Å². The number of carboxylic acid groups (broad SMARTS) is 2. The highest BCUT2D eigenvalue weighted by molar-refractivity contribution is 5.95. The van der Waals surface area contributed by atoms with Gasteiger partial charge in [-0.05, 0) is 35.7 Å². The van der Waals surface area contributed by atoms with Crippen LogP contribution in [-0.2, 0) is 41.6 Å². The largest absolute Gasteiger partial charge is 0.508 e. The van der Waals surface area contributed by atoms with Crippen molar-refractivity contribution in [3.8, 4) is 5.75 Å². The van der Waals surface area contributed by atoms with Crippen molar-refractivity contribution in [2.75, 3.05) is 0 Å². The Balaban J connectivity index is 1.87. The fraction of sp³-hybridized carbons (Fsp3) is 0.310. The number of aliphatic carboxylic acids is 2. The maximum Gasteiger partial charge on any atom is 0.326 e. The van der Waals surface area contributed by atoms with Crippen molar-refractivity contribution >= 4 is 46.5 Å². The zero-order chi connectivity index (χ0) is 32.4. The molecular weight excluding hydrogens is 576 g/mol. The molecule has 0 aliphatic rings. The van der Waals surface area contributed by atoms with Gasteiger partial charge in [0.2, 0.25) is 23.6 Å². The highest BCUT2D eigenvalue weighted by Gasteiger charge is 2.31. The van der Waals surface area contributed by atoms with Crippen LogP contribution in [0.5, 0.6) is 5.75 Å². The van der Waals surface area contributed by atoms with Gasteiger partial charge in [0, 0.05) is 36.4 Å². The van der Waals surface area contributed by atoms with Gasteiger partial charge in [-0.2, -0.15) is 0 Å². The number of benzene rings is 2. The molecule has 11 N–H and O–H groups in total. The lowest BCUT2D eigenvalue weighted by molar-refractivity contribution is -0.142. The standard InChI is InChI=1S/C29H34N6O9/c30-19(13-25(38)39)26(40)33-21(9-10-24(31)37)27(41)34-22(12-16-14-32-20-4-2-1-3-18(16)20)28(42)35-23(29(43)44)11-15-5-7-17(36)8-6-15/h1-8,14,19,21-23,32,36H,9-13,30H2,(H2,31,37)(H,33,40)(H,34,41)(H,35,42)(H,38,39)(H,43,44). The first-order valence-electron chi connectivity index (χ1n) is 13.6. The lowest BCUT2D eigenvalue weighted by atomic mass is 10.0. The third-order valence-corrected chi connectivity index (χ3v) is 6.77. The third-order valence-electron chi connectivity index (χ3n) is 6.77. The molecule has 0 spiro atoms. The summed E-state index contributed by atoms with van der Waals surface area (Å²) < 4.78 is 0. The van der Waals surface area contributed by atoms with E-state index in [0.717, 1.165) is 10.9 Å². The van der Waals surface area contributed by atoms with Crippen molar-refractivity contribution in [2.24, 2.45) is 11.5 Å². The number of aromatic hydroxyl groups is 1. The first kappa shape index (κ1) is 33.1. The predicted molar refractivity (Wildman–Crippen MR) is 156 cm³/mol. The van der Waals surface area contributed by atoms with Crippen molar-refractivity contribution in [3.05, 3.63) is 65.9 Å². The second-order valence-electron chi connectivity index (χ2n) is 10.2. The summed E-state index contributed by atoms with van der Waals surface area (Å²) in [5.41, 5.74) is 12.7. The maximum atomic E-state index is 13.6. The molecule has 234 valence electrons. The number of aromatic nitrogens is 1. The number of aromatic amines is 1. The number of phenolic OH excluding ortho intramolecular Hbond substituents is 1. The average Bonchev–Trinajstić information content (AvgIpc) is 3.37. The monoisotopic (exact) mass is 610 g/mol. The Morgan fingerprint density at radius 3 is 2.05 bits per heavy atom. The molecule has 0 saturated carbocycles. The number of carbonyl (C=O) groups excluding carboxylic acids is 4. The normalized spacial score (nSPS) is 13.7. The highest BCUT2D eigenvalue weighted by atomic mass is 16.4. The molecule has 0 aliphatic heterocycles. The number of rotatable bonds is 16. The fourth-order valence-electron chi connectivity index (χ4n) is 4.46. The summed E-state index contributed by atoms with van der Waals surface area (Å²) in [6.45, 7) is 0. The minimum Gasteiger partial charge on any atom is -0.508 e. The van der Waals surface area contributed by atoms with Crippen molar-refractivity contribution in [3.63, 3.8) is 0 Å². The van der Waals surface area contributed by atoms with E-state index in [1.165, 1.54) is 24.3 Å². The average molecular weight is 611 g/mol. The quantitative estimate of drug-likeness (QED) is 0.0980. The summed E-state index contributed by atoms with van der Waals surface area (Å²) in [5.74, 6) is -6.23. The number of fused-ring (bicyclic) bond motifs is 1. The molecule has 4 unspecified atom stereocenters. The van der Waals surface area contributed by atoms with Crippen LogP contribution in [0.2, 0.25) is 0 Å². The van der Waals surface area contributed by atoms with Crippen LogP contribution in [0.15, 0.2) is 54.7 Å². The number of amides is 4. The number of phenols is 1. The Labute approximate surface area is 251 Å². The Morgan fingerprint density at radius 2 is 1.41 bits per heavy atom. The summed E-state index contributed by atoms with van der Waals surface area (Å²) in [7, 11) is 0. The Bertz CT molecular complexity index is 1520. The minimum atomic E-state index is -1.50. The Kier molecular flexibility index (Phi) is 11.4. The Hall–Kier alpha value is -5.44. The number of hydrogen-bond donors (Lipinski definition) is 9. The molecule has 2 aromatic carbocycles. The van der Waals surface area contributed by atoms with Crippen LogP contribution in [0.3, 0.4) is 0 Å². The first-order valence-corrected chi connectivity index (χ1v) is 13.6. The van der Waals surface area contributed by atoms with Gasteiger partial charge in [-0.15, -0.1) is 0 Å². The van der Waals surface area contributed by atoms with Gasteiger partial charge in [-0.25, -0.2) is 4.79 Å². The molecule has 4 amide bonds. The summed E-state index contributed by atoms with van der Waals surface area (Å²) in [4.78, 5) is 77.0. The maximum absolute atomic E-state index is 13.6. The van der Waals surface area contributed by atoms with Crippen molar-refractivity contribution in [1.82, 2.24) is 20.9 Å². The SMILES string of the molecule is NC(=O)CCC(NC(=O)C(N)CC(=O)O)C(=O)NC(Cc1c[nH]c2ccccc12)C(=O)NC(Cc1ccc(O)cc1)C(=O)O. The van der Waals surface area contributed by atoms with Crippen LogP contribution in [-0.4, -0.2) is 80.0 Å². The zero-order valence-electron chi connectivity index (χ0n) is 23.5. The molecule has 1 heterocycles. The Morgan fingerprint density at radius 1 is 0.795 bits per heavy atom. The number of nitrogens with two attached hydrogens (primary N) is 2. The third kappa shape index (κ3) is 9.55. The smallest absolute Gasteiger partial charge is 0.326 e. The lowest BCUT2D eigenvalue weighted by Gasteiger charge is -2.25. The number of para-hydroxylation sites is 1. The number of carboxylic acids is 2. The summed E-state index contributed by atoms with van der Waals surface area (Å²) >= 11 is 0. The van der Waals surface area contributed by atoms with Gasteiger partial charge in [0.15, 0.2) is 0 Å². The van der Waals surface area contributed by atoms with Crippen LogP contribution < -0.4 is 27.4 Å². The van der Waals surface area contributed by atoms with E-state index >= 15 is 0 Å². The molecule has 15 heteroatoms. The van der Waals surface area contributed by atoms with E-state index in [0.29, 0.717) is 11.1 Å². The van der Waals surface area contributed by atoms with Crippen LogP contribution in [0, 0.1) is 0 Å². The van der Waals surface area contributed by atoms with Crippen molar-refractivity contribution in [1.29, 1.82) is 0 Å². The molecule has 4 atom stereocenters. The molecule has 0 fully saturated rings. The van der Waals surface area contributed by atoms with Crippen LogP contribution in [0.25, 0.3) is 10.9 Å². The molecule has 3 aromatic rings. The van der Waals surface area contributed by atoms with E-state index < -0.39 is 66.2 Å². The lowest BCUT2D eigenvalue weighted by Crippen LogP contribution is -2.58. The molecule has 3 rings (SSSR count). The molecule has 0 bridgehead atoms. The molecule has 0 radical (unpaired) electrons. The minimum absolute atomic E-state index is 0.0203. The van der Waals surface area contributed by atoms with Gasteiger partial charge in [-0.3, -0.25) is 24.0 Å². The highest BCUT2D eigenvalue weighted by Crippen LogP contribution is 2.20. The van der Waals surface area contributed by atoms with E-state index in [1.54, 1.807) is 30.5 Å². The molecule has 0 aliphatic carbocycles. The molecule has 44 heavy (non-hydrogen) atoms. The summed E-state index contributed by atoms with van der Waals surface area (Å²) in [6.07, 6.45) is 0.0704. The van der Waals surface area contributed by atoms with E-state index in [4.69, 9.17) is 16.6 Å². The van der Waals surface area contributed by atoms with Gasteiger partial charge in [0.1, 0.15) is 23.9 Å². The van der Waals surface area contributed by atoms with Crippen molar-refractivity contribution in [2.45, 2.75) is 56.3 Å². The van der Waals surface area contributed by atoms with Gasteiger partial charge in [0.25, 0.3) is 0 Å². The van der Waals surface area contributed by atoms with Gasteiger partial charge < -0.3 is 47.7 Å². The van der Waals surface area contributed by atoms with Crippen LogP contribution >= 0.6 is 0 Å². The number of hydrogen-bond acceptors (Lipinski definition) is 8. The van der Waals surface area contributed by atoms with Gasteiger partial charge >= 0.3 is 11.9 Å². The molecular formula is C29H34N6O9. The van der Waals surface area contributed by atoms with E-state index in [2.05, 4.69) is 20.9 Å². The van der Waals surface area contributed by atoms with E-state index in [9.17, 15) is 39.0 Å². The first-order chi connectivity index (χ1) is 20.8. The second kappa shape index (κ2) is 15.2. The number of nitrogens with one attached hydrogen (secondary N) is 4. The molecule has 1 aromatic heterocycles. The molecule has 15 nitrogen and oxygen atoms in total. The predicted octanol–water partition coefficient (Wildman–Crippen LogP) is -0.735. The number of primary amides is 1. The summed E-state index contributed by atoms with van der Waals surface area (Å²) in [6, 6.07) is 7.24. The number of carbonyl (C=O) groups is 6. The molecule has 0 saturated heterocycles. The van der Waals surface area contributed by atoms with Crippen LogP contribution in [0.4, 0.5) is 0 Å². The number of H-pyrrole nitrogens is 1. The zero-order valence-corrected chi connectivity index (χ0v) is 23.5. The topological polar surface area (TPSA) is 267 Å². The van der Waals surface area contributed by atoms with E-state index in [1.807, 2.05) is 0 Å². The fourth-order valence-corrected chi connectivity index (χ4v) is 4.46. The van der Waals surface area contributed by atoms with Crippen molar-refractivity contribution < 1.29 is 44.1 Å². The second-order valence-corrected chi connectivity index (χ2v) is 10.2. The summed E-state index contributed by atoms with van der Waals surface area (Å²) in [5, 5.41) is 36.3. The van der Waals surface area contributed by atoms with Gasteiger partial charge in [0.05, 0.1) is 12.5 Å². The van der Waals surface area contributed by atoms with Crippen LogP contribution in [0.1, 0.15) is 30.4 Å².